The van der Waals surface area contributed by atoms with Crippen molar-refractivity contribution in [3.8, 4) is 0 Å². The first kappa shape index (κ1) is 13.6. The molecule has 3 heterocycles. The minimum atomic E-state index is 0.00248. The molecule has 20 heavy (non-hydrogen) atoms. The highest BCUT2D eigenvalue weighted by Crippen LogP contribution is 2.24. The van der Waals surface area contributed by atoms with Crippen LogP contribution in [0.15, 0.2) is 46.5 Å². The fourth-order valence-corrected chi connectivity index (χ4v) is 3.09. The molecule has 0 aromatic carbocycles. The van der Waals surface area contributed by atoms with Gasteiger partial charge in [-0.1, -0.05) is 0 Å². The largest absolute Gasteiger partial charge is 0.271 e. The standard InChI is InChI=1S/C14H13BrN4S/c15-10-1-2-11(17-8-10)6-13(19-16)9-5-14-12(18-7-9)3-4-20-14/h1-5,7-8,13,19H,6,16H2. The van der Waals surface area contributed by atoms with Gasteiger partial charge >= 0.3 is 0 Å². The Labute approximate surface area is 129 Å². The van der Waals surface area contributed by atoms with Gasteiger partial charge in [0.2, 0.25) is 0 Å². The molecular formula is C14H13BrN4S. The van der Waals surface area contributed by atoms with E-state index < -0.39 is 0 Å². The molecule has 3 N–H and O–H groups in total. The van der Waals surface area contributed by atoms with Crippen molar-refractivity contribution in [2.24, 2.45) is 5.84 Å². The molecule has 0 aliphatic carbocycles. The number of fused-ring (bicyclic) bond motifs is 1. The van der Waals surface area contributed by atoms with Crippen LogP contribution in [-0.4, -0.2) is 9.97 Å². The number of hydrogen-bond donors (Lipinski definition) is 2. The molecule has 3 aromatic heterocycles. The molecular weight excluding hydrogens is 336 g/mol. The maximum Gasteiger partial charge on any atom is 0.0809 e. The fraction of sp³-hybridized carbons (Fsp3) is 0.143. The minimum absolute atomic E-state index is 0.00248. The van der Waals surface area contributed by atoms with Gasteiger partial charge in [0.25, 0.3) is 0 Å². The van der Waals surface area contributed by atoms with Crippen LogP contribution < -0.4 is 11.3 Å². The maximum atomic E-state index is 5.69. The molecule has 3 rings (SSSR count). The second-order valence-corrected chi connectivity index (χ2v) is 6.33. The van der Waals surface area contributed by atoms with E-state index in [9.17, 15) is 0 Å². The second-order valence-electron chi connectivity index (χ2n) is 4.46. The van der Waals surface area contributed by atoms with Gasteiger partial charge in [0, 0.05) is 29.0 Å². The van der Waals surface area contributed by atoms with E-state index in [0.717, 1.165) is 27.7 Å². The number of halogens is 1. The Bertz CT molecular complexity index is 711. The van der Waals surface area contributed by atoms with Gasteiger partial charge in [0.1, 0.15) is 0 Å². The molecule has 0 spiro atoms. The summed E-state index contributed by atoms with van der Waals surface area (Å²) < 4.78 is 2.15. The van der Waals surface area contributed by atoms with Crippen molar-refractivity contribution in [2.75, 3.05) is 0 Å². The summed E-state index contributed by atoms with van der Waals surface area (Å²) >= 11 is 5.07. The normalized spacial score (nSPS) is 12.7. The third kappa shape index (κ3) is 2.88. The molecule has 0 radical (unpaired) electrons. The predicted molar refractivity (Wildman–Crippen MR) is 85.3 cm³/mol. The van der Waals surface area contributed by atoms with Crippen LogP contribution in [0.4, 0.5) is 0 Å². The molecule has 1 atom stereocenters. The van der Waals surface area contributed by atoms with E-state index in [4.69, 9.17) is 5.84 Å². The summed E-state index contributed by atoms with van der Waals surface area (Å²) in [5.74, 6) is 5.69. The van der Waals surface area contributed by atoms with Gasteiger partial charge in [-0.2, -0.15) is 0 Å². The van der Waals surface area contributed by atoms with Gasteiger partial charge in [0.05, 0.1) is 16.3 Å². The highest BCUT2D eigenvalue weighted by Gasteiger charge is 2.13. The molecule has 0 aliphatic rings. The van der Waals surface area contributed by atoms with Gasteiger partial charge in [0.15, 0.2) is 0 Å². The van der Waals surface area contributed by atoms with Gasteiger partial charge in [-0.3, -0.25) is 21.2 Å². The van der Waals surface area contributed by atoms with Crippen molar-refractivity contribution in [3.63, 3.8) is 0 Å². The number of hydrogen-bond acceptors (Lipinski definition) is 5. The van der Waals surface area contributed by atoms with Crippen LogP contribution >= 0.6 is 27.3 Å². The van der Waals surface area contributed by atoms with Crippen molar-refractivity contribution < 1.29 is 0 Å². The van der Waals surface area contributed by atoms with Gasteiger partial charge in [-0.15, -0.1) is 11.3 Å². The minimum Gasteiger partial charge on any atom is -0.271 e. The second kappa shape index (κ2) is 5.97. The zero-order chi connectivity index (χ0) is 13.9. The molecule has 0 saturated carbocycles. The average Bonchev–Trinajstić information content (AvgIpc) is 2.94. The van der Waals surface area contributed by atoms with Crippen LogP contribution in [0, 0.1) is 0 Å². The number of aromatic nitrogens is 2. The molecule has 0 bridgehead atoms. The van der Waals surface area contributed by atoms with E-state index in [-0.39, 0.29) is 6.04 Å². The first-order valence-corrected chi connectivity index (χ1v) is 7.83. The zero-order valence-electron chi connectivity index (χ0n) is 10.6. The van der Waals surface area contributed by atoms with Crippen molar-refractivity contribution in [1.82, 2.24) is 15.4 Å². The van der Waals surface area contributed by atoms with E-state index >= 15 is 0 Å². The van der Waals surface area contributed by atoms with E-state index in [1.165, 1.54) is 4.70 Å². The van der Waals surface area contributed by atoms with Gasteiger partial charge in [-0.05, 0) is 51.1 Å². The summed E-state index contributed by atoms with van der Waals surface area (Å²) in [6.07, 6.45) is 4.39. The number of nitrogens with two attached hydrogens (primary N) is 1. The average molecular weight is 349 g/mol. The molecule has 0 aliphatic heterocycles. The number of thiophene rings is 1. The van der Waals surface area contributed by atoms with E-state index in [2.05, 4.69) is 37.4 Å². The first-order valence-electron chi connectivity index (χ1n) is 6.16. The first-order chi connectivity index (χ1) is 9.76. The zero-order valence-corrected chi connectivity index (χ0v) is 13.0. The quantitative estimate of drug-likeness (QED) is 0.561. The van der Waals surface area contributed by atoms with E-state index in [0.29, 0.717) is 0 Å². The number of pyridine rings is 2. The topological polar surface area (TPSA) is 63.8 Å². The molecule has 0 amide bonds. The lowest BCUT2D eigenvalue weighted by molar-refractivity contribution is 0.545. The molecule has 0 fully saturated rings. The Morgan fingerprint density at radius 1 is 1.25 bits per heavy atom. The molecule has 102 valence electrons. The number of rotatable bonds is 4. The predicted octanol–water partition coefficient (Wildman–Crippen LogP) is 3.20. The Hall–Kier alpha value is -1.34. The molecule has 1 unspecified atom stereocenters. The SMILES string of the molecule is NNC(Cc1ccc(Br)cn1)c1cnc2ccsc2c1. The lowest BCUT2D eigenvalue weighted by Gasteiger charge is -2.15. The number of nitrogens with one attached hydrogen (secondary N) is 1. The summed E-state index contributed by atoms with van der Waals surface area (Å²) in [4.78, 5) is 8.84. The summed E-state index contributed by atoms with van der Waals surface area (Å²) in [5.41, 5.74) is 5.94. The summed E-state index contributed by atoms with van der Waals surface area (Å²) in [6.45, 7) is 0. The Balaban J connectivity index is 1.86. The smallest absolute Gasteiger partial charge is 0.0809 e. The number of hydrazine groups is 1. The van der Waals surface area contributed by atoms with Crippen molar-refractivity contribution in [3.05, 3.63) is 57.8 Å². The van der Waals surface area contributed by atoms with Crippen molar-refractivity contribution in [1.29, 1.82) is 0 Å². The molecule has 6 heteroatoms. The fourth-order valence-electron chi connectivity index (χ4n) is 2.06. The highest BCUT2D eigenvalue weighted by molar-refractivity contribution is 9.10. The molecule has 3 aromatic rings. The third-order valence-electron chi connectivity index (χ3n) is 3.13. The Morgan fingerprint density at radius 3 is 2.90 bits per heavy atom. The van der Waals surface area contributed by atoms with Crippen molar-refractivity contribution >= 4 is 37.5 Å². The summed E-state index contributed by atoms with van der Waals surface area (Å²) in [7, 11) is 0. The summed E-state index contributed by atoms with van der Waals surface area (Å²) in [6, 6.07) is 8.13. The molecule has 0 saturated heterocycles. The van der Waals surface area contributed by atoms with Gasteiger partial charge in [-0.25, -0.2) is 0 Å². The summed E-state index contributed by atoms with van der Waals surface area (Å²) in [5, 5.41) is 2.04. The Morgan fingerprint density at radius 2 is 2.15 bits per heavy atom. The van der Waals surface area contributed by atoms with E-state index in [1.54, 1.807) is 17.5 Å². The third-order valence-corrected chi connectivity index (χ3v) is 4.45. The monoisotopic (exact) mass is 348 g/mol. The molecule has 4 nitrogen and oxygen atoms in total. The van der Waals surface area contributed by atoms with Crippen LogP contribution in [0.3, 0.4) is 0 Å². The van der Waals surface area contributed by atoms with Crippen molar-refractivity contribution in [2.45, 2.75) is 12.5 Å². The van der Waals surface area contributed by atoms with Gasteiger partial charge < -0.3 is 0 Å². The van der Waals surface area contributed by atoms with Crippen LogP contribution in [0.1, 0.15) is 17.3 Å². The van der Waals surface area contributed by atoms with Crippen LogP contribution in [-0.2, 0) is 6.42 Å². The Kier molecular flexibility index (Phi) is 4.07. The van der Waals surface area contributed by atoms with Crippen LogP contribution in [0.25, 0.3) is 10.2 Å². The highest BCUT2D eigenvalue weighted by atomic mass is 79.9. The number of nitrogens with zero attached hydrogens (tertiary/aromatic N) is 2. The maximum absolute atomic E-state index is 5.69. The lowest BCUT2D eigenvalue weighted by atomic mass is 10.0. The van der Waals surface area contributed by atoms with Crippen LogP contribution in [0.2, 0.25) is 0 Å². The van der Waals surface area contributed by atoms with Crippen LogP contribution in [0.5, 0.6) is 0 Å². The lowest BCUT2D eigenvalue weighted by Crippen LogP contribution is -2.29. The van der Waals surface area contributed by atoms with E-state index in [1.807, 2.05) is 29.8 Å².